The zero-order valence-electron chi connectivity index (χ0n) is 13.4. The second-order valence-electron chi connectivity index (χ2n) is 4.48. The van der Waals surface area contributed by atoms with E-state index in [1.807, 2.05) is 0 Å². The first-order valence-electron chi connectivity index (χ1n) is 7.61. The highest BCUT2D eigenvalue weighted by Gasteiger charge is 2.09. The van der Waals surface area contributed by atoms with Gasteiger partial charge in [-0.1, -0.05) is 0 Å². The molecule has 0 rings (SSSR count). The Kier molecular flexibility index (Phi) is 17.1. The van der Waals surface area contributed by atoms with E-state index < -0.39 is 6.04 Å². The summed E-state index contributed by atoms with van der Waals surface area (Å²) in [6, 6.07) is -0.586. The minimum atomic E-state index is -0.586. The van der Waals surface area contributed by atoms with Crippen LogP contribution in [-0.2, 0) is 28.5 Å². The normalized spacial score (nSPS) is 12.1. The number of carbonyl (C=O) groups is 2. The van der Waals surface area contributed by atoms with Crippen molar-refractivity contribution < 1.29 is 28.5 Å². The van der Waals surface area contributed by atoms with E-state index in [0.29, 0.717) is 71.6 Å². The van der Waals surface area contributed by atoms with Crippen molar-refractivity contribution >= 4 is 24.8 Å². The Balaban J connectivity index is 3.11. The van der Waals surface area contributed by atoms with E-state index in [2.05, 4.69) is 17.9 Å². The molecule has 0 unspecified atom stereocenters. The minimum Gasteiger partial charge on any atom is -0.379 e. The summed E-state index contributed by atoms with van der Waals surface area (Å²) in [5, 5.41) is 2.65. The number of amides is 1. The van der Waals surface area contributed by atoms with E-state index in [1.54, 1.807) is 0 Å². The Morgan fingerprint density at radius 1 is 0.957 bits per heavy atom. The fourth-order valence-electron chi connectivity index (χ4n) is 1.35. The molecule has 0 aromatic heterocycles. The molecule has 9 heteroatoms. The zero-order valence-corrected chi connectivity index (χ0v) is 14.3. The first-order valence-corrected chi connectivity index (χ1v) is 8.24. The summed E-state index contributed by atoms with van der Waals surface area (Å²) in [5.74, 6) is 0.0835. The summed E-state index contributed by atoms with van der Waals surface area (Å²) in [5.41, 5.74) is 5.49. The van der Waals surface area contributed by atoms with Crippen molar-refractivity contribution in [3.63, 3.8) is 0 Å². The molecule has 0 aromatic carbocycles. The molecule has 0 heterocycles. The average Bonchev–Trinajstić information content (AvgIpc) is 2.57. The van der Waals surface area contributed by atoms with Crippen molar-refractivity contribution in [2.45, 2.75) is 12.5 Å². The van der Waals surface area contributed by atoms with Crippen molar-refractivity contribution in [1.29, 1.82) is 0 Å². The molecule has 23 heavy (non-hydrogen) atoms. The molecule has 0 radical (unpaired) electrons. The summed E-state index contributed by atoms with van der Waals surface area (Å²) in [4.78, 5) is 21.3. The summed E-state index contributed by atoms with van der Waals surface area (Å²) in [6.07, 6.45) is 1.23. The van der Waals surface area contributed by atoms with E-state index >= 15 is 0 Å². The molecule has 136 valence electrons. The number of carbonyl (C=O) groups excluding carboxylic acids is 2. The molecule has 8 nitrogen and oxygen atoms in total. The molecular formula is C14H28N2O6S. The summed E-state index contributed by atoms with van der Waals surface area (Å²) in [7, 11) is 0. The number of nitrogens with two attached hydrogens (primary N) is 1. The van der Waals surface area contributed by atoms with Crippen LogP contribution in [0.15, 0.2) is 0 Å². The van der Waals surface area contributed by atoms with Crippen LogP contribution < -0.4 is 11.1 Å². The average molecular weight is 352 g/mol. The maximum absolute atomic E-state index is 11.3. The van der Waals surface area contributed by atoms with Gasteiger partial charge in [0.25, 0.3) is 0 Å². The van der Waals surface area contributed by atoms with E-state index in [9.17, 15) is 9.59 Å². The summed E-state index contributed by atoms with van der Waals surface area (Å²) >= 11 is 3.94. The molecule has 1 atom stereocenters. The Hall–Kier alpha value is -0.710. The van der Waals surface area contributed by atoms with Crippen LogP contribution in [0.3, 0.4) is 0 Å². The smallest absolute Gasteiger partial charge is 0.237 e. The largest absolute Gasteiger partial charge is 0.379 e. The number of aldehydes is 1. The van der Waals surface area contributed by atoms with Crippen LogP contribution in [0, 0.1) is 0 Å². The molecule has 0 aliphatic heterocycles. The molecular weight excluding hydrogens is 324 g/mol. The van der Waals surface area contributed by atoms with Crippen LogP contribution in [0.5, 0.6) is 0 Å². The fourth-order valence-corrected chi connectivity index (χ4v) is 1.52. The highest BCUT2D eigenvalue weighted by molar-refractivity contribution is 7.80. The molecule has 0 spiro atoms. The fraction of sp³-hybridized carbons (Fsp3) is 0.857. The van der Waals surface area contributed by atoms with Crippen LogP contribution in [0.4, 0.5) is 0 Å². The molecule has 3 N–H and O–H groups in total. The van der Waals surface area contributed by atoms with E-state index in [1.165, 1.54) is 0 Å². The monoisotopic (exact) mass is 352 g/mol. The predicted molar refractivity (Wildman–Crippen MR) is 88.8 cm³/mol. The quantitative estimate of drug-likeness (QED) is 0.175. The van der Waals surface area contributed by atoms with Gasteiger partial charge in [-0.05, 0) is 0 Å². The number of nitrogens with one attached hydrogen (secondary N) is 1. The topological polar surface area (TPSA) is 109 Å². The molecule has 0 aliphatic rings. The number of hydrogen-bond acceptors (Lipinski definition) is 8. The Labute approximate surface area is 142 Å². The van der Waals surface area contributed by atoms with Crippen molar-refractivity contribution in [2.24, 2.45) is 5.73 Å². The molecule has 0 bridgehead atoms. The highest BCUT2D eigenvalue weighted by atomic mass is 32.1. The maximum atomic E-state index is 11.3. The van der Waals surface area contributed by atoms with Crippen molar-refractivity contribution in [3.8, 4) is 0 Å². The van der Waals surface area contributed by atoms with Gasteiger partial charge in [-0.15, -0.1) is 0 Å². The third-order valence-electron chi connectivity index (χ3n) is 2.58. The lowest BCUT2D eigenvalue weighted by atomic mass is 10.3. The molecule has 0 saturated carbocycles. The van der Waals surface area contributed by atoms with Crippen LogP contribution in [0.2, 0.25) is 0 Å². The molecule has 0 fully saturated rings. The summed E-state index contributed by atoms with van der Waals surface area (Å²) < 4.78 is 21.0. The highest BCUT2D eigenvalue weighted by Crippen LogP contribution is 1.85. The second kappa shape index (κ2) is 17.6. The van der Waals surface area contributed by atoms with Gasteiger partial charge in [0.2, 0.25) is 5.91 Å². The molecule has 0 aliphatic carbocycles. The second-order valence-corrected chi connectivity index (χ2v) is 4.85. The maximum Gasteiger partial charge on any atom is 0.237 e. The van der Waals surface area contributed by atoms with Gasteiger partial charge in [0, 0.05) is 18.7 Å². The van der Waals surface area contributed by atoms with Gasteiger partial charge in [-0.2, -0.15) is 12.6 Å². The lowest BCUT2D eigenvalue weighted by Gasteiger charge is -2.10. The number of ether oxygens (including phenoxy) is 4. The van der Waals surface area contributed by atoms with Crippen molar-refractivity contribution in [3.05, 3.63) is 0 Å². The van der Waals surface area contributed by atoms with E-state index in [4.69, 9.17) is 24.7 Å². The molecule has 0 saturated heterocycles. The van der Waals surface area contributed by atoms with Gasteiger partial charge >= 0.3 is 0 Å². The van der Waals surface area contributed by atoms with E-state index in [-0.39, 0.29) is 5.91 Å². The van der Waals surface area contributed by atoms with Crippen LogP contribution in [-0.4, -0.2) is 83.4 Å². The van der Waals surface area contributed by atoms with Crippen molar-refractivity contribution in [1.82, 2.24) is 5.32 Å². The number of hydrogen-bond donors (Lipinski definition) is 3. The van der Waals surface area contributed by atoms with Gasteiger partial charge in [0.15, 0.2) is 0 Å². The van der Waals surface area contributed by atoms with Gasteiger partial charge < -0.3 is 34.8 Å². The number of thiol groups is 1. The zero-order chi connectivity index (χ0) is 17.2. The predicted octanol–water partition coefficient (Wildman–Crippen LogP) is -0.985. The van der Waals surface area contributed by atoms with E-state index in [0.717, 1.165) is 6.29 Å². The third-order valence-corrected chi connectivity index (χ3v) is 2.97. The lowest BCUT2D eigenvalue weighted by molar-refractivity contribution is -0.122. The van der Waals surface area contributed by atoms with Crippen molar-refractivity contribution in [2.75, 3.05) is 65.2 Å². The first kappa shape index (κ1) is 22.3. The Morgan fingerprint density at radius 2 is 1.43 bits per heavy atom. The van der Waals surface area contributed by atoms with Crippen LogP contribution >= 0.6 is 12.6 Å². The SMILES string of the molecule is N[C@H](CS)C(=O)NCCOCCOCCOCCOCCC=O. The van der Waals surface area contributed by atoms with Crippen LogP contribution in [0.1, 0.15) is 6.42 Å². The lowest BCUT2D eigenvalue weighted by Crippen LogP contribution is -2.43. The standard InChI is InChI=1S/C14H28N2O6S/c15-13(12-23)14(18)16-2-5-20-7-9-22-11-10-21-8-6-19-4-1-3-17/h3,13,23H,1-2,4-12,15H2,(H,16,18)/t13-/m1/s1. The Morgan fingerprint density at radius 3 is 1.91 bits per heavy atom. The Bertz CT molecular complexity index is 296. The number of rotatable bonds is 17. The van der Waals surface area contributed by atoms with Gasteiger partial charge in [0.1, 0.15) is 6.29 Å². The molecule has 0 aromatic rings. The van der Waals surface area contributed by atoms with Gasteiger partial charge in [0.05, 0.1) is 58.9 Å². The third kappa shape index (κ3) is 15.9. The van der Waals surface area contributed by atoms with Crippen LogP contribution in [0.25, 0.3) is 0 Å². The van der Waals surface area contributed by atoms with Gasteiger partial charge in [-0.25, -0.2) is 0 Å². The molecule has 1 amide bonds. The van der Waals surface area contributed by atoms with Gasteiger partial charge in [-0.3, -0.25) is 4.79 Å². The minimum absolute atomic E-state index is 0.230. The first-order chi connectivity index (χ1) is 11.2. The summed E-state index contributed by atoms with van der Waals surface area (Å²) in [6.45, 7) is 4.07.